The number of ether oxygens (including phenoxy) is 2. The van der Waals surface area contributed by atoms with E-state index in [1.54, 1.807) is 0 Å². The van der Waals surface area contributed by atoms with Gasteiger partial charge in [0.05, 0.1) is 0 Å². The van der Waals surface area contributed by atoms with Crippen molar-refractivity contribution in [2.45, 2.75) is 102 Å². The average Bonchev–Trinajstić information content (AvgIpc) is 3.12. The zero-order valence-corrected chi connectivity index (χ0v) is 30.6. The number of fused-ring (bicyclic) bond motifs is 2. The minimum absolute atomic E-state index is 0.00256. The number of aliphatic carboxylic acids is 1. The van der Waals surface area contributed by atoms with Gasteiger partial charge in [0.2, 0.25) is 5.91 Å². The molecule has 4 aromatic carbocycles. The van der Waals surface area contributed by atoms with Crippen LogP contribution in [0.25, 0.3) is 0 Å². The second kappa shape index (κ2) is 16.6. The number of carboxylic acid groups (broad SMARTS) is 1. The van der Waals surface area contributed by atoms with Crippen LogP contribution in [-0.4, -0.2) is 23.0 Å². The maximum atomic E-state index is 14.0. The van der Waals surface area contributed by atoms with E-state index in [0.717, 1.165) is 70.7 Å². The molecule has 0 spiro atoms. The number of aryl methyl sites for hydroxylation is 1. The molecule has 2 N–H and O–H groups in total. The molecule has 6 rings (SSSR count). The van der Waals surface area contributed by atoms with Crippen LogP contribution in [0.2, 0.25) is 0 Å². The number of rotatable bonds is 13. The molecule has 0 bridgehead atoms. The van der Waals surface area contributed by atoms with E-state index in [1.165, 1.54) is 19.3 Å². The summed E-state index contributed by atoms with van der Waals surface area (Å²) in [7, 11) is 0. The Morgan fingerprint density at radius 1 is 0.846 bits per heavy atom. The van der Waals surface area contributed by atoms with E-state index in [9.17, 15) is 19.5 Å². The quantitative estimate of drug-likeness (QED) is 0.106. The van der Waals surface area contributed by atoms with Gasteiger partial charge in [-0.1, -0.05) is 132 Å². The van der Waals surface area contributed by atoms with Crippen molar-refractivity contribution in [2.24, 2.45) is 11.8 Å². The van der Waals surface area contributed by atoms with E-state index < -0.39 is 24.5 Å². The number of anilines is 1. The molecule has 2 atom stereocenters. The molecule has 7 nitrogen and oxygen atoms in total. The Morgan fingerprint density at radius 3 is 2.12 bits per heavy atom. The largest absolute Gasteiger partial charge is 0.481 e. The third kappa shape index (κ3) is 9.30. The normalized spacial score (nSPS) is 15.8. The Morgan fingerprint density at radius 2 is 1.48 bits per heavy atom. The number of esters is 1. The van der Waals surface area contributed by atoms with Crippen molar-refractivity contribution < 1.29 is 29.0 Å². The van der Waals surface area contributed by atoms with Gasteiger partial charge in [-0.2, -0.15) is 0 Å². The first kappa shape index (κ1) is 36.9. The number of carbonyl (C=O) groups is 3. The van der Waals surface area contributed by atoms with Gasteiger partial charge in [0.1, 0.15) is 24.0 Å². The highest BCUT2D eigenvalue weighted by molar-refractivity contribution is 5.93. The molecule has 272 valence electrons. The first-order valence-electron chi connectivity index (χ1n) is 18.8. The lowest BCUT2D eigenvalue weighted by Gasteiger charge is -2.32. The lowest BCUT2D eigenvalue weighted by atomic mass is 9.77. The monoisotopic (exact) mass is 701 g/mol. The molecule has 1 unspecified atom stereocenters. The summed E-state index contributed by atoms with van der Waals surface area (Å²) in [5, 5.41) is 12.6. The van der Waals surface area contributed by atoms with E-state index in [4.69, 9.17) is 9.47 Å². The Hall–Kier alpha value is -4.91. The van der Waals surface area contributed by atoms with Crippen LogP contribution in [0.15, 0.2) is 97.1 Å². The highest BCUT2D eigenvalue weighted by Crippen LogP contribution is 2.46. The number of hydrogen-bond acceptors (Lipinski definition) is 5. The van der Waals surface area contributed by atoms with Crippen molar-refractivity contribution in [3.05, 3.63) is 125 Å². The van der Waals surface area contributed by atoms with Crippen molar-refractivity contribution in [1.29, 1.82) is 0 Å². The fourth-order valence-corrected chi connectivity index (χ4v) is 8.10. The lowest BCUT2D eigenvalue weighted by Crippen LogP contribution is -2.25. The van der Waals surface area contributed by atoms with E-state index >= 15 is 0 Å². The standard InChI is InChI=1S/C45H51NO6/c1-45(2,3)37-25-23-31(27-38(37)46-41(47)28-36-34-18-10-12-20-39(34)51-40-21-13-11-19-35(36)40)22-24-33(26-30-14-6-4-7-15-30)44(32-16-8-5-9-17-32)52-43(50)29-42(48)49/h5,8-13,16-21,23,25,27,30,33,36,44H,4,6-7,14-15,22,24,26,28-29H2,1-3H3,(H,46,47)(H,48,49)/t33-,44?/m0/s1. The number of amides is 1. The lowest BCUT2D eigenvalue weighted by molar-refractivity contribution is -0.158. The van der Waals surface area contributed by atoms with Gasteiger partial charge < -0.3 is 19.9 Å². The predicted octanol–water partition coefficient (Wildman–Crippen LogP) is 10.5. The molecule has 7 heteroatoms. The van der Waals surface area contributed by atoms with E-state index in [1.807, 2.05) is 78.9 Å². The predicted molar refractivity (Wildman–Crippen MR) is 204 cm³/mol. The van der Waals surface area contributed by atoms with Crippen LogP contribution in [0.3, 0.4) is 0 Å². The maximum absolute atomic E-state index is 14.0. The van der Waals surface area contributed by atoms with Crippen LogP contribution in [0.1, 0.15) is 118 Å². The van der Waals surface area contributed by atoms with Crippen molar-refractivity contribution >= 4 is 23.5 Å². The van der Waals surface area contributed by atoms with E-state index in [0.29, 0.717) is 12.3 Å². The molecule has 52 heavy (non-hydrogen) atoms. The second-order valence-corrected chi connectivity index (χ2v) is 15.5. The van der Waals surface area contributed by atoms with Crippen LogP contribution in [0, 0.1) is 11.8 Å². The molecule has 0 aromatic heterocycles. The summed E-state index contributed by atoms with van der Waals surface area (Å²) in [6.45, 7) is 6.45. The summed E-state index contributed by atoms with van der Waals surface area (Å²) in [6, 6.07) is 32.0. The van der Waals surface area contributed by atoms with Crippen molar-refractivity contribution in [1.82, 2.24) is 0 Å². The Bertz CT molecular complexity index is 1810. The van der Waals surface area contributed by atoms with Crippen LogP contribution in [0.4, 0.5) is 5.69 Å². The fraction of sp³-hybridized carbons (Fsp3) is 0.400. The molecular weight excluding hydrogens is 650 g/mol. The van der Waals surface area contributed by atoms with Gasteiger partial charge in [0, 0.05) is 35.1 Å². The number of carbonyl (C=O) groups excluding carboxylic acids is 2. The average molecular weight is 702 g/mol. The van der Waals surface area contributed by atoms with Crippen LogP contribution in [0.5, 0.6) is 11.5 Å². The van der Waals surface area contributed by atoms with Gasteiger partial charge in [-0.15, -0.1) is 0 Å². The number of carboxylic acids is 1. The van der Waals surface area contributed by atoms with Gasteiger partial charge in [0.15, 0.2) is 0 Å². The minimum atomic E-state index is -1.20. The summed E-state index contributed by atoms with van der Waals surface area (Å²) in [5.41, 5.74) is 5.63. The molecule has 0 saturated heterocycles. The summed E-state index contributed by atoms with van der Waals surface area (Å²) >= 11 is 0. The molecule has 2 aliphatic rings. The first-order chi connectivity index (χ1) is 25.0. The summed E-state index contributed by atoms with van der Waals surface area (Å²) in [5.74, 6) is -0.0311. The number of benzene rings is 4. The summed E-state index contributed by atoms with van der Waals surface area (Å²) in [6.07, 6.45) is 7.38. The van der Waals surface area contributed by atoms with Gasteiger partial charge in [-0.3, -0.25) is 14.4 Å². The Kier molecular flexibility index (Phi) is 11.8. The van der Waals surface area contributed by atoms with E-state index in [2.05, 4.69) is 44.3 Å². The van der Waals surface area contributed by atoms with Gasteiger partial charge >= 0.3 is 11.9 Å². The van der Waals surface area contributed by atoms with Crippen LogP contribution in [-0.2, 0) is 31.0 Å². The smallest absolute Gasteiger partial charge is 0.317 e. The molecule has 1 aliphatic carbocycles. The zero-order chi connectivity index (χ0) is 36.7. The molecule has 4 aromatic rings. The number of para-hydroxylation sites is 2. The van der Waals surface area contributed by atoms with Crippen molar-refractivity contribution in [3.8, 4) is 11.5 Å². The molecule has 1 aliphatic heterocycles. The van der Waals surface area contributed by atoms with Gasteiger partial charge in [-0.05, 0) is 65.5 Å². The number of hydrogen-bond donors (Lipinski definition) is 2. The minimum Gasteiger partial charge on any atom is -0.481 e. The van der Waals surface area contributed by atoms with Crippen LogP contribution >= 0.6 is 0 Å². The molecule has 1 fully saturated rings. The fourth-order valence-electron chi connectivity index (χ4n) is 8.10. The van der Waals surface area contributed by atoms with Crippen molar-refractivity contribution in [2.75, 3.05) is 5.32 Å². The highest BCUT2D eigenvalue weighted by atomic mass is 16.5. The molecule has 1 heterocycles. The third-order valence-electron chi connectivity index (χ3n) is 10.6. The first-order valence-corrected chi connectivity index (χ1v) is 18.8. The summed E-state index contributed by atoms with van der Waals surface area (Å²) in [4.78, 5) is 38.2. The Labute approximate surface area is 307 Å². The Balaban J connectivity index is 1.25. The van der Waals surface area contributed by atoms with Gasteiger partial charge in [0.25, 0.3) is 0 Å². The topological polar surface area (TPSA) is 102 Å². The molecule has 1 saturated carbocycles. The third-order valence-corrected chi connectivity index (χ3v) is 10.6. The number of nitrogens with one attached hydrogen (secondary N) is 1. The molecule has 1 amide bonds. The van der Waals surface area contributed by atoms with Gasteiger partial charge in [-0.25, -0.2) is 0 Å². The van der Waals surface area contributed by atoms with Crippen LogP contribution < -0.4 is 10.1 Å². The summed E-state index contributed by atoms with van der Waals surface area (Å²) < 4.78 is 12.2. The SMILES string of the molecule is CC(C)(C)c1ccc(CC[C@@H](CC2CCCCC2)C(OC(=O)CC(=O)O)c2ccccc2)cc1NC(=O)CC1c2ccccc2Oc2ccccc21. The highest BCUT2D eigenvalue weighted by Gasteiger charge is 2.32. The van der Waals surface area contributed by atoms with Crippen molar-refractivity contribution in [3.63, 3.8) is 0 Å². The second-order valence-electron chi connectivity index (χ2n) is 15.5. The molecule has 0 radical (unpaired) electrons. The zero-order valence-electron chi connectivity index (χ0n) is 30.6. The molecular formula is C45H51NO6. The maximum Gasteiger partial charge on any atom is 0.317 e. The van der Waals surface area contributed by atoms with E-state index in [-0.39, 0.29) is 29.6 Å².